The van der Waals surface area contributed by atoms with E-state index < -0.39 is 0 Å². The van der Waals surface area contributed by atoms with Crippen LogP contribution < -0.4 is 15.0 Å². The van der Waals surface area contributed by atoms with Crippen molar-refractivity contribution in [3.63, 3.8) is 0 Å². The molecule has 176 valence electrons. The number of nitrogens with one attached hydrogen (secondary N) is 1. The van der Waals surface area contributed by atoms with E-state index in [0.717, 1.165) is 42.0 Å². The Morgan fingerprint density at radius 1 is 0.853 bits per heavy atom. The second-order valence-electron chi connectivity index (χ2n) is 8.53. The van der Waals surface area contributed by atoms with E-state index >= 15 is 0 Å². The zero-order chi connectivity index (χ0) is 23.9. The van der Waals surface area contributed by atoms with Crippen LogP contribution in [-0.4, -0.2) is 49.5 Å². The van der Waals surface area contributed by atoms with Gasteiger partial charge in [-0.2, -0.15) is 0 Å². The van der Waals surface area contributed by atoms with Crippen LogP contribution in [0.25, 0.3) is 0 Å². The minimum absolute atomic E-state index is 0.0397. The molecule has 0 unspecified atom stereocenters. The topological polar surface area (TPSA) is 61.9 Å². The van der Waals surface area contributed by atoms with Crippen LogP contribution in [0.3, 0.4) is 0 Å². The highest BCUT2D eigenvalue weighted by atomic mass is 16.5. The predicted molar refractivity (Wildman–Crippen MR) is 136 cm³/mol. The van der Waals surface area contributed by atoms with Gasteiger partial charge in [-0.25, -0.2) is 0 Å². The Hall–Kier alpha value is -3.80. The lowest BCUT2D eigenvalue weighted by atomic mass is 10.1. The Bertz CT molecular complexity index is 1100. The van der Waals surface area contributed by atoms with Gasteiger partial charge in [-0.3, -0.25) is 9.59 Å². The summed E-state index contributed by atoms with van der Waals surface area (Å²) in [4.78, 5) is 29.2. The molecule has 0 aromatic heterocycles. The van der Waals surface area contributed by atoms with Crippen molar-refractivity contribution >= 4 is 23.2 Å². The lowest BCUT2D eigenvalue weighted by molar-refractivity contribution is -0.118. The molecule has 1 saturated heterocycles. The molecule has 0 spiro atoms. The Kier molecular flexibility index (Phi) is 7.48. The van der Waals surface area contributed by atoms with Crippen LogP contribution >= 0.6 is 0 Å². The maximum absolute atomic E-state index is 12.8. The Morgan fingerprint density at radius 2 is 1.50 bits per heavy atom. The molecule has 34 heavy (non-hydrogen) atoms. The van der Waals surface area contributed by atoms with Crippen LogP contribution in [0.15, 0.2) is 72.8 Å². The third kappa shape index (κ3) is 5.95. The largest absolute Gasteiger partial charge is 0.484 e. The minimum atomic E-state index is -0.201. The Balaban J connectivity index is 1.25. The van der Waals surface area contributed by atoms with Crippen molar-refractivity contribution in [3.8, 4) is 5.75 Å². The summed E-state index contributed by atoms with van der Waals surface area (Å²) in [7, 11) is 0. The minimum Gasteiger partial charge on any atom is -0.484 e. The van der Waals surface area contributed by atoms with E-state index in [4.69, 9.17) is 4.74 Å². The van der Waals surface area contributed by atoms with Gasteiger partial charge in [0.15, 0.2) is 6.61 Å². The molecule has 1 heterocycles. The molecule has 0 saturated carbocycles. The number of carbonyl (C=O) groups is 2. The summed E-state index contributed by atoms with van der Waals surface area (Å²) in [5.74, 6) is 0.562. The molecular weight excluding hydrogens is 426 g/mol. The molecule has 1 fully saturated rings. The standard InChI is InChI=1S/C28H31N3O3/c1-3-22-6-8-23(9-7-22)28(33)31-18-16-30(17-19-31)25-12-10-24(11-13-25)29-27(32)20-34-26-14-4-21(2)5-15-26/h4-15H,3,16-20H2,1-2H3,(H,29,32). The normalized spacial score (nSPS) is 13.5. The van der Waals surface area contributed by atoms with Gasteiger partial charge < -0.3 is 19.9 Å². The average Bonchev–Trinajstić information content (AvgIpc) is 2.88. The van der Waals surface area contributed by atoms with Crippen LogP contribution in [0.1, 0.15) is 28.4 Å². The summed E-state index contributed by atoms with van der Waals surface area (Å²) in [6.45, 7) is 6.99. The fraction of sp³-hybridized carbons (Fsp3) is 0.286. The van der Waals surface area contributed by atoms with Gasteiger partial charge in [0.05, 0.1) is 0 Å². The maximum Gasteiger partial charge on any atom is 0.262 e. The molecule has 3 aromatic carbocycles. The molecule has 0 radical (unpaired) electrons. The summed E-state index contributed by atoms with van der Waals surface area (Å²) < 4.78 is 5.53. The number of hydrogen-bond acceptors (Lipinski definition) is 4. The highest BCUT2D eigenvalue weighted by molar-refractivity contribution is 5.94. The Labute approximate surface area is 201 Å². The number of piperazine rings is 1. The van der Waals surface area contributed by atoms with E-state index in [1.807, 2.05) is 84.6 Å². The second kappa shape index (κ2) is 10.9. The molecule has 6 nitrogen and oxygen atoms in total. The first-order valence-corrected chi connectivity index (χ1v) is 11.7. The van der Waals surface area contributed by atoms with Gasteiger partial charge in [0.1, 0.15) is 5.75 Å². The third-order valence-electron chi connectivity index (χ3n) is 6.08. The van der Waals surface area contributed by atoms with Gasteiger partial charge in [0, 0.05) is 43.1 Å². The number of hydrogen-bond donors (Lipinski definition) is 1. The van der Waals surface area contributed by atoms with Crippen molar-refractivity contribution in [1.29, 1.82) is 0 Å². The number of rotatable bonds is 7. The fourth-order valence-electron chi connectivity index (χ4n) is 3.97. The number of carbonyl (C=O) groups excluding carboxylic acids is 2. The lowest BCUT2D eigenvalue weighted by Crippen LogP contribution is -2.48. The van der Waals surface area contributed by atoms with Crippen LogP contribution in [-0.2, 0) is 11.2 Å². The lowest BCUT2D eigenvalue weighted by Gasteiger charge is -2.36. The molecule has 2 amide bonds. The Morgan fingerprint density at radius 3 is 2.12 bits per heavy atom. The number of benzene rings is 3. The highest BCUT2D eigenvalue weighted by Gasteiger charge is 2.22. The molecule has 0 bridgehead atoms. The monoisotopic (exact) mass is 457 g/mol. The number of anilines is 2. The van der Waals surface area contributed by atoms with E-state index in [2.05, 4.69) is 17.1 Å². The summed E-state index contributed by atoms with van der Waals surface area (Å²) in [6.07, 6.45) is 0.969. The van der Waals surface area contributed by atoms with Gasteiger partial charge >= 0.3 is 0 Å². The summed E-state index contributed by atoms with van der Waals surface area (Å²) in [5, 5.41) is 2.87. The molecule has 1 aliphatic heterocycles. The van der Waals surface area contributed by atoms with Gasteiger partial charge in [0.25, 0.3) is 11.8 Å². The number of nitrogens with zero attached hydrogens (tertiary/aromatic N) is 2. The van der Waals surface area contributed by atoms with E-state index in [-0.39, 0.29) is 18.4 Å². The van der Waals surface area contributed by atoms with Crippen molar-refractivity contribution in [1.82, 2.24) is 4.90 Å². The molecule has 1 N–H and O–H groups in total. The van der Waals surface area contributed by atoms with Crippen LogP contribution in [0, 0.1) is 6.92 Å². The molecule has 3 aromatic rings. The van der Waals surface area contributed by atoms with Gasteiger partial charge in [-0.15, -0.1) is 0 Å². The smallest absolute Gasteiger partial charge is 0.262 e. The van der Waals surface area contributed by atoms with E-state index in [1.54, 1.807) is 0 Å². The van der Waals surface area contributed by atoms with Gasteiger partial charge in [0.2, 0.25) is 0 Å². The van der Waals surface area contributed by atoms with Crippen molar-refractivity contribution in [2.45, 2.75) is 20.3 Å². The fourth-order valence-corrected chi connectivity index (χ4v) is 3.97. The van der Waals surface area contributed by atoms with E-state index in [1.165, 1.54) is 5.56 Å². The first-order valence-electron chi connectivity index (χ1n) is 11.7. The molecular formula is C28H31N3O3. The first-order chi connectivity index (χ1) is 16.5. The SMILES string of the molecule is CCc1ccc(C(=O)N2CCN(c3ccc(NC(=O)COc4ccc(C)cc4)cc3)CC2)cc1. The molecule has 0 atom stereocenters. The van der Waals surface area contributed by atoms with E-state index in [9.17, 15) is 9.59 Å². The van der Waals surface area contributed by atoms with E-state index in [0.29, 0.717) is 18.8 Å². The third-order valence-corrected chi connectivity index (χ3v) is 6.08. The van der Waals surface area contributed by atoms with Crippen molar-refractivity contribution in [2.75, 3.05) is 43.0 Å². The maximum atomic E-state index is 12.8. The highest BCUT2D eigenvalue weighted by Crippen LogP contribution is 2.21. The van der Waals surface area contributed by atoms with Crippen LogP contribution in [0.5, 0.6) is 5.75 Å². The van der Waals surface area contributed by atoms with Crippen LogP contribution in [0.2, 0.25) is 0 Å². The number of amides is 2. The predicted octanol–water partition coefficient (Wildman–Crippen LogP) is 4.54. The van der Waals surface area contributed by atoms with Crippen LogP contribution in [0.4, 0.5) is 11.4 Å². The van der Waals surface area contributed by atoms with Gasteiger partial charge in [-0.1, -0.05) is 36.8 Å². The molecule has 0 aliphatic carbocycles. The van der Waals surface area contributed by atoms with Crippen molar-refractivity contribution in [3.05, 3.63) is 89.5 Å². The van der Waals surface area contributed by atoms with Crippen molar-refractivity contribution < 1.29 is 14.3 Å². The molecule has 6 heteroatoms. The first kappa shape index (κ1) is 23.4. The molecule has 1 aliphatic rings. The quantitative estimate of drug-likeness (QED) is 0.566. The summed E-state index contributed by atoms with van der Waals surface area (Å²) in [6, 6.07) is 23.3. The average molecular weight is 458 g/mol. The zero-order valence-corrected chi connectivity index (χ0v) is 19.8. The molecule has 4 rings (SSSR count). The summed E-state index contributed by atoms with van der Waals surface area (Å²) >= 11 is 0. The van der Waals surface area contributed by atoms with Crippen molar-refractivity contribution in [2.24, 2.45) is 0 Å². The van der Waals surface area contributed by atoms with Gasteiger partial charge in [-0.05, 0) is 67.4 Å². The zero-order valence-electron chi connectivity index (χ0n) is 19.8. The summed E-state index contributed by atoms with van der Waals surface area (Å²) in [5.41, 5.74) is 4.93. The second-order valence-corrected chi connectivity index (χ2v) is 8.53. The number of ether oxygens (including phenoxy) is 1. The number of aryl methyl sites for hydroxylation is 2.